The van der Waals surface area contributed by atoms with Crippen molar-refractivity contribution in [1.29, 1.82) is 0 Å². The zero-order valence-electron chi connectivity index (χ0n) is 15.5. The third-order valence-electron chi connectivity index (χ3n) is 4.53. The van der Waals surface area contributed by atoms with Gasteiger partial charge in [0.2, 0.25) is 5.75 Å². The van der Waals surface area contributed by atoms with Gasteiger partial charge in [0.05, 0.1) is 34.5 Å². The largest absolute Gasteiger partial charge is 0.493 e. The van der Waals surface area contributed by atoms with E-state index >= 15 is 0 Å². The highest BCUT2D eigenvalue weighted by Crippen LogP contribution is 2.39. The van der Waals surface area contributed by atoms with Crippen molar-refractivity contribution in [1.82, 2.24) is 10.2 Å². The Balaban J connectivity index is 2.01. The summed E-state index contributed by atoms with van der Waals surface area (Å²) in [5.74, 6) is 2.02. The molecule has 2 rings (SSSR count). The molecule has 0 aliphatic carbocycles. The molecule has 6 heteroatoms. The van der Waals surface area contributed by atoms with Gasteiger partial charge in [0.15, 0.2) is 11.5 Å². The summed E-state index contributed by atoms with van der Waals surface area (Å²) in [7, 11) is 4.90. The van der Waals surface area contributed by atoms with Gasteiger partial charge in [-0.3, -0.25) is 4.90 Å². The molecule has 0 aromatic heterocycles. The van der Waals surface area contributed by atoms with Crippen LogP contribution in [0, 0.1) is 0 Å². The molecule has 0 saturated carbocycles. The molecule has 1 aliphatic rings. The van der Waals surface area contributed by atoms with E-state index in [-0.39, 0.29) is 5.54 Å². The van der Waals surface area contributed by atoms with Crippen LogP contribution in [-0.4, -0.2) is 64.6 Å². The number of hydrogen-bond donors (Lipinski definition) is 1. The molecule has 1 aliphatic heterocycles. The minimum Gasteiger partial charge on any atom is -0.493 e. The summed E-state index contributed by atoms with van der Waals surface area (Å²) in [4.78, 5) is 2.47. The van der Waals surface area contributed by atoms with Gasteiger partial charge >= 0.3 is 0 Å². The van der Waals surface area contributed by atoms with Gasteiger partial charge in [-0.2, -0.15) is 0 Å². The van der Waals surface area contributed by atoms with E-state index in [1.807, 2.05) is 12.1 Å². The van der Waals surface area contributed by atoms with Crippen LogP contribution in [0.4, 0.5) is 0 Å². The Morgan fingerprint density at radius 1 is 1.04 bits per heavy atom. The van der Waals surface area contributed by atoms with Gasteiger partial charge in [-0.05, 0) is 19.9 Å². The second-order valence-electron chi connectivity index (χ2n) is 6.51. The molecule has 0 unspecified atom stereocenters. The lowest BCUT2D eigenvalue weighted by molar-refractivity contribution is -0.00968. The molecule has 0 bridgehead atoms. The SMILES string of the molecule is COc1ccc(CNCC(C)(C)N2CCOCC2)c(OC)c1OC. The molecule has 0 atom stereocenters. The molecular formula is C18H30N2O4. The fourth-order valence-electron chi connectivity index (χ4n) is 3.09. The van der Waals surface area contributed by atoms with E-state index < -0.39 is 0 Å². The molecule has 1 saturated heterocycles. The van der Waals surface area contributed by atoms with Gasteiger partial charge < -0.3 is 24.3 Å². The smallest absolute Gasteiger partial charge is 0.203 e. The van der Waals surface area contributed by atoms with Crippen molar-refractivity contribution in [3.8, 4) is 17.2 Å². The summed E-state index contributed by atoms with van der Waals surface area (Å²) >= 11 is 0. The van der Waals surface area contributed by atoms with Crippen LogP contribution < -0.4 is 19.5 Å². The van der Waals surface area contributed by atoms with Crippen molar-refractivity contribution in [2.75, 3.05) is 54.2 Å². The van der Waals surface area contributed by atoms with Crippen molar-refractivity contribution < 1.29 is 18.9 Å². The van der Waals surface area contributed by atoms with E-state index in [1.54, 1.807) is 21.3 Å². The minimum absolute atomic E-state index is 0.0770. The van der Waals surface area contributed by atoms with E-state index in [4.69, 9.17) is 18.9 Å². The van der Waals surface area contributed by atoms with Crippen LogP contribution in [0.3, 0.4) is 0 Å². The van der Waals surface area contributed by atoms with E-state index in [9.17, 15) is 0 Å². The number of hydrogen-bond acceptors (Lipinski definition) is 6. The Kier molecular flexibility index (Phi) is 6.71. The lowest BCUT2D eigenvalue weighted by Gasteiger charge is -2.41. The summed E-state index contributed by atoms with van der Waals surface area (Å²) < 4.78 is 21.7. The van der Waals surface area contributed by atoms with Crippen molar-refractivity contribution in [3.63, 3.8) is 0 Å². The molecule has 0 spiro atoms. The van der Waals surface area contributed by atoms with Crippen molar-refractivity contribution in [3.05, 3.63) is 17.7 Å². The Hall–Kier alpha value is -1.50. The Bertz CT molecular complexity index is 528. The average molecular weight is 338 g/mol. The van der Waals surface area contributed by atoms with Gasteiger partial charge in [-0.25, -0.2) is 0 Å². The second-order valence-corrected chi connectivity index (χ2v) is 6.51. The lowest BCUT2D eigenvalue weighted by Crippen LogP contribution is -2.54. The predicted molar refractivity (Wildman–Crippen MR) is 94.3 cm³/mol. The van der Waals surface area contributed by atoms with Crippen LogP contribution in [0.25, 0.3) is 0 Å². The molecule has 1 aromatic carbocycles. The number of benzene rings is 1. The topological polar surface area (TPSA) is 52.2 Å². The monoisotopic (exact) mass is 338 g/mol. The molecule has 136 valence electrons. The average Bonchev–Trinajstić information content (AvgIpc) is 2.61. The van der Waals surface area contributed by atoms with E-state index in [2.05, 4.69) is 24.1 Å². The van der Waals surface area contributed by atoms with Crippen molar-refractivity contribution in [2.45, 2.75) is 25.9 Å². The van der Waals surface area contributed by atoms with Gasteiger partial charge in [0.25, 0.3) is 0 Å². The molecule has 0 amide bonds. The van der Waals surface area contributed by atoms with Crippen LogP contribution in [0.15, 0.2) is 12.1 Å². The summed E-state index contributed by atoms with van der Waals surface area (Å²) in [6.07, 6.45) is 0. The maximum absolute atomic E-state index is 5.54. The summed E-state index contributed by atoms with van der Waals surface area (Å²) in [6, 6.07) is 3.92. The molecule has 1 aromatic rings. The standard InChI is InChI=1S/C18H30N2O4/c1-18(2,20-8-10-24-11-9-20)13-19-12-14-6-7-15(21-3)17(23-5)16(14)22-4/h6-7,19H,8-13H2,1-5H3. The summed E-state index contributed by atoms with van der Waals surface area (Å²) in [6.45, 7) is 9.69. The number of ether oxygens (including phenoxy) is 4. The highest BCUT2D eigenvalue weighted by atomic mass is 16.5. The van der Waals surface area contributed by atoms with Crippen molar-refractivity contribution in [2.24, 2.45) is 0 Å². The maximum Gasteiger partial charge on any atom is 0.203 e. The number of methoxy groups -OCH3 is 3. The Morgan fingerprint density at radius 2 is 1.71 bits per heavy atom. The number of rotatable bonds is 8. The zero-order valence-corrected chi connectivity index (χ0v) is 15.5. The third-order valence-corrected chi connectivity index (χ3v) is 4.53. The molecule has 1 fully saturated rings. The molecule has 1 N–H and O–H groups in total. The first-order chi connectivity index (χ1) is 11.5. The zero-order chi connectivity index (χ0) is 17.6. The van der Waals surface area contributed by atoms with E-state index in [0.717, 1.165) is 38.4 Å². The highest BCUT2D eigenvalue weighted by molar-refractivity contribution is 5.55. The first-order valence-electron chi connectivity index (χ1n) is 8.35. The van der Waals surface area contributed by atoms with E-state index in [0.29, 0.717) is 23.8 Å². The lowest BCUT2D eigenvalue weighted by atomic mass is 10.0. The first kappa shape index (κ1) is 18.8. The second kappa shape index (κ2) is 8.55. The number of morpholine rings is 1. The quantitative estimate of drug-likeness (QED) is 0.781. The predicted octanol–water partition coefficient (Wildman–Crippen LogP) is 1.91. The van der Waals surface area contributed by atoms with Crippen molar-refractivity contribution >= 4 is 0 Å². The van der Waals surface area contributed by atoms with Gasteiger partial charge in [-0.1, -0.05) is 6.07 Å². The van der Waals surface area contributed by atoms with Crippen LogP contribution in [0.1, 0.15) is 19.4 Å². The molecule has 1 heterocycles. The van der Waals surface area contributed by atoms with Crippen LogP contribution in [0.5, 0.6) is 17.2 Å². The highest BCUT2D eigenvalue weighted by Gasteiger charge is 2.28. The summed E-state index contributed by atoms with van der Waals surface area (Å²) in [5, 5.41) is 3.54. The first-order valence-corrected chi connectivity index (χ1v) is 8.35. The number of nitrogens with one attached hydrogen (secondary N) is 1. The fraction of sp³-hybridized carbons (Fsp3) is 0.667. The fourth-order valence-corrected chi connectivity index (χ4v) is 3.09. The van der Waals surface area contributed by atoms with Gasteiger partial charge in [0, 0.05) is 37.3 Å². The summed E-state index contributed by atoms with van der Waals surface area (Å²) in [5.41, 5.74) is 1.13. The van der Waals surface area contributed by atoms with Crippen LogP contribution in [0.2, 0.25) is 0 Å². The Morgan fingerprint density at radius 3 is 2.29 bits per heavy atom. The van der Waals surface area contributed by atoms with Crippen LogP contribution >= 0.6 is 0 Å². The van der Waals surface area contributed by atoms with E-state index in [1.165, 1.54) is 0 Å². The number of nitrogens with zero attached hydrogens (tertiary/aromatic N) is 1. The van der Waals surface area contributed by atoms with Crippen LogP contribution in [-0.2, 0) is 11.3 Å². The molecule has 6 nitrogen and oxygen atoms in total. The Labute approximate surface area is 145 Å². The molecule has 24 heavy (non-hydrogen) atoms. The minimum atomic E-state index is 0.0770. The maximum atomic E-state index is 5.54. The van der Waals surface area contributed by atoms with Gasteiger partial charge in [-0.15, -0.1) is 0 Å². The molecule has 0 radical (unpaired) electrons. The third kappa shape index (κ3) is 4.32. The van der Waals surface area contributed by atoms with Gasteiger partial charge in [0.1, 0.15) is 0 Å². The normalized spacial score (nSPS) is 16.0. The molecular weight excluding hydrogens is 308 g/mol.